The van der Waals surface area contributed by atoms with Gasteiger partial charge in [0.1, 0.15) is 11.6 Å². The van der Waals surface area contributed by atoms with Crippen LogP contribution in [0.1, 0.15) is 25.5 Å². The van der Waals surface area contributed by atoms with Gasteiger partial charge in [-0.2, -0.15) is 0 Å². The predicted molar refractivity (Wildman–Crippen MR) is 93.7 cm³/mol. The second-order valence-electron chi connectivity index (χ2n) is 5.62. The fourth-order valence-electron chi connectivity index (χ4n) is 2.40. The van der Waals surface area contributed by atoms with Crippen LogP contribution in [-0.4, -0.2) is 31.0 Å². The molecule has 0 aromatic heterocycles. The fraction of sp³-hybridized carbons (Fsp3) is 0.316. The lowest BCUT2D eigenvalue weighted by Crippen LogP contribution is -2.32. The van der Waals surface area contributed by atoms with Gasteiger partial charge in [0.15, 0.2) is 0 Å². The summed E-state index contributed by atoms with van der Waals surface area (Å²) in [6.45, 7) is 4.64. The normalized spacial score (nSPS) is 12.0. The molecule has 1 amide bonds. The lowest BCUT2D eigenvalue weighted by Gasteiger charge is -2.24. The van der Waals surface area contributed by atoms with Crippen LogP contribution in [0.15, 0.2) is 48.5 Å². The quantitative estimate of drug-likeness (QED) is 0.838. The minimum atomic E-state index is -0.265. The van der Waals surface area contributed by atoms with E-state index in [9.17, 15) is 9.18 Å². The summed E-state index contributed by atoms with van der Waals surface area (Å²) in [5.74, 6) is 0.264. The highest BCUT2D eigenvalue weighted by Crippen LogP contribution is 2.24. The number of carbonyl (C=O) groups excluding carboxylic acids is 1. The molecule has 1 atom stereocenters. The number of likely N-dealkylation sites (N-methyl/N-ethyl adjacent to an activating group) is 1. The van der Waals surface area contributed by atoms with Crippen molar-refractivity contribution in [3.63, 3.8) is 0 Å². The SMILES string of the molecule is CCOc1ccccc1NC(=O)CN(C)C(C)c1ccc(F)cc1. The molecule has 24 heavy (non-hydrogen) atoms. The van der Waals surface area contributed by atoms with Crippen LogP contribution in [0.5, 0.6) is 5.75 Å². The number of amides is 1. The zero-order chi connectivity index (χ0) is 17.5. The Morgan fingerprint density at radius 3 is 2.54 bits per heavy atom. The van der Waals surface area contributed by atoms with Crippen LogP contribution in [0.2, 0.25) is 0 Å². The molecule has 128 valence electrons. The molecule has 4 nitrogen and oxygen atoms in total. The first kappa shape index (κ1) is 17.9. The molecule has 2 rings (SSSR count). The highest BCUT2D eigenvalue weighted by atomic mass is 19.1. The summed E-state index contributed by atoms with van der Waals surface area (Å²) in [6, 6.07) is 13.7. The molecule has 0 saturated heterocycles. The molecule has 2 aromatic rings. The van der Waals surface area contributed by atoms with Crippen LogP contribution >= 0.6 is 0 Å². The monoisotopic (exact) mass is 330 g/mol. The summed E-state index contributed by atoms with van der Waals surface area (Å²) in [6.07, 6.45) is 0. The molecule has 0 saturated carbocycles. The molecule has 0 bridgehead atoms. The maximum atomic E-state index is 13.0. The summed E-state index contributed by atoms with van der Waals surface area (Å²) in [7, 11) is 1.86. The largest absolute Gasteiger partial charge is 0.492 e. The third kappa shape index (κ3) is 4.80. The maximum absolute atomic E-state index is 13.0. The summed E-state index contributed by atoms with van der Waals surface area (Å²) >= 11 is 0. The molecule has 1 unspecified atom stereocenters. The Labute approximate surface area is 142 Å². The van der Waals surface area contributed by atoms with E-state index in [0.29, 0.717) is 18.0 Å². The summed E-state index contributed by atoms with van der Waals surface area (Å²) in [4.78, 5) is 14.2. The zero-order valence-corrected chi connectivity index (χ0v) is 14.3. The van der Waals surface area contributed by atoms with Gasteiger partial charge in [-0.15, -0.1) is 0 Å². The maximum Gasteiger partial charge on any atom is 0.238 e. The molecule has 5 heteroatoms. The highest BCUT2D eigenvalue weighted by molar-refractivity contribution is 5.93. The van der Waals surface area contributed by atoms with Gasteiger partial charge in [-0.1, -0.05) is 24.3 Å². The van der Waals surface area contributed by atoms with Crippen LogP contribution in [0.25, 0.3) is 0 Å². The number of rotatable bonds is 7. The van der Waals surface area contributed by atoms with E-state index < -0.39 is 0 Å². The Morgan fingerprint density at radius 2 is 1.88 bits per heavy atom. The molecule has 0 fully saturated rings. The van der Waals surface area contributed by atoms with E-state index in [1.54, 1.807) is 12.1 Å². The first-order valence-corrected chi connectivity index (χ1v) is 7.98. The fourth-order valence-corrected chi connectivity index (χ4v) is 2.40. The van der Waals surface area contributed by atoms with Crippen molar-refractivity contribution in [3.05, 3.63) is 59.9 Å². The van der Waals surface area contributed by atoms with Crippen molar-refractivity contribution in [2.24, 2.45) is 0 Å². The van der Waals surface area contributed by atoms with E-state index in [0.717, 1.165) is 5.56 Å². The number of halogens is 1. The van der Waals surface area contributed by atoms with E-state index in [1.807, 2.05) is 50.1 Å². The predicted octanol–water partition coefficient (Wildman–Crippen LogP) is 3.86. The second-order valence-corrected chi connectivity index (χ2v) is 5.62. The lowest BCUT2D eigenvalue weighted by molar-refractivity contribution is -0.117. The van der Waals surface area contributed by atoms with Gasteiger partial charge < -0.3 is 10.1 Å². The average Bonchev–Trinajstić information content (AvgIpc) is 2.57. The number of benzene rings is 2. The van der Waals surface area contributed by atoms with Crippen LogP contribution < -0.4 is 10.1 Å². The first-order valence-electron chi connectivity index (χ1n) is 7.98. The van der Waals surface area contributed by atoms with Gasteiger partial charge in [-0.25, -0.2) is 4.39 Å². The van der Waals surface area contributed by atoms with Gasteiger partial charge in [-0.3, -0.25) is 9.69 Å². The Kier molecular flexibility index (Phi) is 6.32. The average molecular weight is 330 g/mol. The van der Waals surface area contributed by atoms with Crippen LogP contribution in [0, 0.1) is 5.82 Å². The van der Waals surface area contributed by atoms with Gasteiger partial charge >= 0.3 is 0 Å². The van der Waals surface area contributed by atoms with Crippen molar-refractivity contribution in [3.8, 4) is 5.75 Å². The molecule has 2 aromatic carbocycles. The highest BCUT2D eigenvalue weighted by Gasteiger charge is 2.16. The van der Waals surface area contributed by atoms with Crippen molar-refractivity contribution < 1.29 is 13.9 Å². The van der Waals surface area contributed by atoms with Gasteiger partial charge in [0, 0.05) is 6.04 Å². The lowest BCUT2D eigenvalue weighted by atomic mass is 10.1. The van der Waals surface area contributed by atoms with Crippen LogP contribution in [-0.2, 0) is 4.79 Å². The number of hydrogen-bond donors (Lipinski definition) is 1. The Morgan fingerprint density at radius 1 is 1.21 bits per heavy atom. The van der Waals surface area contributed by atoms with Crippen LogP contribution in [0.3, 0.4) is 0 Å². The molecular formula is C19H23FN2O2. The second kappa shape index (κ2) is 8.45. The number of nitrogens with one attached hydrogen (secondary N) is 1. The molecule has 0 aliphatic heterocycles. The van der Waals surface area contributed by atoms with Gasteiger partial charge in [0.05, 0.1) is 18.8 Å². The summed E-state index contributed by atoms with van der Waals surface area (Å²) in [5, 5.41) is 2.88. The Hall–Kier alpha value is -2.40. The summed E-state index contributed by atoms with van der Waals surface area (Å²) < 4.78 is 18.5. The third-order valence-corrected chi connectivity index (χ3v) is 3.87. The van der Waals surface area contributed by atoms with Crippen molar-refractivity contribution in [2.45, 2.75) is 19.9 Å². The van der Waals surface area contributed by atoms with E-state index in [1.165, 1.54) is 12.1 Å². The van der Waals surface area contributed by atoms with E-state index in [4.69, 9.17) is 4.74 Å². The minimum Gasteiger partial charge on any atom is -0.492 e. The number of hydrogen-bond acceptors (Lipinski definition) is 3. The Balaban J connectivity index is 1.97. The third-order valence-electron chi connectivity index (χ3n) is 3.87. The molecule has 0 radical (unpaired) electrons. The number of anilines is 1. The topological polar surface area (TPSA) is 41.6 Å². The van der Waals surface area contributed by atoms with Gasteiger partial charge in [-0.05, 0) is 50.7 Å². The number of para-hydroxylation sites is 2. The van der Waals surface area contributed by atoms with Gasteiger partial charge in [0.2, 0.25) is 5.91 Å². The molecule has 1 N–H and O–H groups in total. The van der Waals surface area contributed by atoms with Crippen molar-refractivity contribution in [1.82, 2.24) is 4.90 Å². The first-order chi connectivity index (χ1) is 11.5. The number of carbonyl (C=O) groups is 1. The number of nitrogens with zero attached hydrogens (tertiary/aromatic N) is 1. The van der Waals surface area contributed by atoms with Gasteiger partial charge in [0.25, 0.3) is 0 Å². The Bertz CT molecular complexity index is 673. The summed E-state index contributed by atoms with van der Waals surface area (Å²) in [5.41, 5.74) is 1.62. The molecule has 0 aliphatic carbocycles. The van der Waals surface area contributed by atoms with E-state index >= 15 is 0 Å². The van der Waals surface area contributed by atoms with Crippen molar-refractivity contribution in [2.75, 3.05) is 25.5 Å². The van der Waals surface area contributed by atoms with Crippen LogP contribution in [0.4, 0.5) is 10.1 Å². The molecule has 0 aliphatic rings. The molecular weight excluding hydrogens is 307 g/mol. The standard InChI is InChI=1S/C19H23FN2O2/c1-4-24-18-8-6-5-7-17(18)21-19(23)13-22(3)14(2)15-9-11-16(20)12-10-15/h5-12,14H,4,13H2,1-3H3,(H,21,23). The molecule has 0 heterocycles. The van der Waals surface area contributed by atoms with E-state index in [-0.39, 0.29) is 24.3 Å². The minimum absolute atomic E-state index is 0.00140. The molecule has 0 spiro atoms. The number of ether oxygens (including phenoxy) is 1. The van der Waals surface area contributed by atoms with Crippen molar-refractivity contribution >= 4 is 11.6 Å². The van der Waals surface area contributed by atoms with E-state index in [2.05, 4.69) is 5.32 Å². The van der Waals surface area contributed by atoms with Crippen molar-refractivity contribution in [1.29, 1.82) is 0 Å². The zero-order valence-electron chi connectivity index (χ0n) is 14.3. The smallest absolute Gasteiger partial charge is 0.238 e.